The van der Waals surface area contributed by atoms with Crippen molar-refractivity contribution in [1.29, 1.82) is 5.26 Å². The molecule has 0 bridgehead atoms. The number of hydrogen-bond acceptors (Lipinski definition) is 5. The molecule has 0 unspecified atom stereocenters. The summed E-state index contributed by atoms with van der Waals surface area (Å²) in [5.74, 6) is 0.688. The number of nitriles is 1. The van der Waals surface area contributed by atoms with E-state index in [-0.39, 0.29) is 24.8 Å². The molecule has 162 valence electrons. The summed E-state index contributed by atoms with van der Waals surface area (Å²) < 4.78 is 13.0. The molecule has 0 aliphatic carbocycles. The van der Waals surface area contributed by atoms with Crippen LogP contribution >= 0.6 is 10.0 Å². The third-order valence-corrected chi connectivity index (χ3v) is 6.42. The van der Waals surface area contributed by atoms with E-state index in [1.807, 2.05) is 18.2 Å². The minimum atomic E-state index is -0.664. The van der Waals surface area contributed by atoms with Crippen LogP contribution in [0.15, 0.2) is 24.3 Å². The Kier molecular flexibility index (Phi) is 7.19. The average molecular weight is 432 g/mol. The number of amides is 1. The van der Waals surface area contributed by atoms with Gasteiger partial charge in [-0.2, -0.15) is 5.26 Å². The van der Waals surface area contributed by atoms with Gasteiger partial charge in [0.25, 0.3) is 5.91 Å². The fraction of sp³-hybridized carbons (Fsp3) is 0.500. The number of Topliss-reactive ketones (excluding diaryl/α,β-unsaturated/α-hetero) is 1. The maximum atomic E-state index is 12.8. The van der Waals surface area contributed by atoms with Gasteiger partial charge in [-0.1, -0.05) is 0 Å². The van der Waals surface area contributed by atoms with Crippen molar-refractivity contribution in [1.82, 2.24) is 9.47 Å². The zero-order valence-electron chi connectivity index (χ0n) is 17.8. The number of fused-ring (bicyclic) bond motifs is 1. The number of benzene rings is 1. The van der Waals surface area contributed by atoms with Crippen LogP contribution in [0.5, 0.6) is 0 Å². The molecule has 1 amide bonds. The molecule has 1 aliphatic heterocycles. The summed E-state index contributed by atoms with van der Waals surface area (Å²) in [5, 5.41) is 9.75. The van der Waals surface area contributed by atoms with E-state index in [1.54, 1.807) is 21.6 Å². The zero-order valence-corrected chi connectivity index (χ0v) is 18.7. The number of ether oxygens (including phenoxy) is 2. The van der Waals surface area contributed by atoms with Crippen molar-refractivity contribution in [3.63, 3.8) is 0 Å². The van der Waals surface area contributed by atoms with Gasteiger partial charge < -0.3 is 18.9 Å². The van der Waals surface area contributed by atoms with E-state index in [0.29, 0.717) is 44.2 Å². The Morgan fingerprint density at radius 1 is 1.20 bits per heavy atom. The lowest BCUT2D eigenvalue weighted by atomic mass is 10.1. The average Bonchev–Trinajstić information content (AvgIpc) is 3.08. The van der Waals surface area contributed by atoms with E-state index in [9.17, 15) is 9.59 Å². The van der Waals surface area contributed by atoms with Crippen LogP contribution in [0.4, 0.5) is 0 Å². The van der Waals surface area contributed by atoms with Gasteiger partial charge >= 0.3 is 0 Å². The van der Waals surface area contributed by atoms with E-state index in [0.717, 1.165) is 16.7 Å². The fourth-order valence-electron chi connectivity index (χ4n) is 3.35. The van der Waals surface area contributed by atoms with Gasteiger partial charge in [-0.3, -0.25) is 9.59 Å². The number of morpholine rings is 1. The zero-order chi connectivity index (χ0) is 21.7. The Labute approximate surface area is 178 Å². The molecule has 1 fully saturated rings. The molecule has 8 heteroatoms. The van der Waals surface area contributed by atoms with Crippen LogP contribution in [0.1, 0.15) is 27.3 Å². The van der Waals surface area contributed by atoms with Crippen molar-refractivity contribution in [3.8, 4) is 6.07 Å². The third-order valence-electron chi connectivity index (χ3n) is 5.03. The Morgan fingerprint density at radius 2 is 1.93 bits per heavy atom. The van der Waals surface area contributed by atoms with E-state index in [1.165, 1.54) is 0 Å². The quantitative estimate of drug-likeness (QED) is 0.474. The van der Waals surface area contributed by atoms with Crippen molar-refractivity contribution in [3.05, 3.63) is 35.5 Å². The van der Waals surface area contributed by atoms with E-state index in [2.05, 4.69) is 18.8 Å². The predicted molar refractivity (Wildman–Crippen MR) is 119 cm³/mol. The first kappa shape index (κ1) is 22.3. The van der Waals surface area contributed by atoms with Gasteiger partial charge in [0.15, 0.2) is 5.78 Å². The van der Waals surface area contributed by atoms with Crippen LogP contribution in [0.3, 0.4) is 0 Å². The molecule has 0 spiro atoms. The highest BCUT2D eigenvalue weighted by Crippen LogP contribution is 2.33. The number of nitrogens with zero attached hydrogens (tertiary/aromatic N) is 3. The Balaban J connectivity index is 1.86. The number of hydrogen-bond donors (Lipinski definition) is 0. The minimum Gasteiger partial charge on any atom is -0.378 e. The highest BCUT2D eigenvalue weighted by molar-refractivity contribution is 8.32. The van der Waals surface area contributed by atoms with Crippen LogP contribution in [-0.2, 0) is 16.2 Å². The second kappa shape index (κ2) is 9.65. The molecule has 30 heavy (non-hydrogen) atoms. The normalized spacial score (nSPS) is 15.2. The summed E-state index contributed by atoms with van der Waals surface area (Å²) in [7, 11) is -0.664. The molecule has 0 atom stereocenters. The van der Waals surface area contributed by atoms with Crippen LogP contribution in [0.2, 0.25) is 0 Å². The summed E-state index contributed by atoms with van der Waals surface area (Å²) in [6.07, 6.45) is 6.50. The van der Waals surface area contributed by atoms with Crippen LogP contribution < -0.4 is 0 Å². The van der Waals surface area contributed by atoms with Gasteiger partial charge in [-0.15, -0.1) is 0 Å². The Morgan fingerprint density at radius 3 is 2.60 bits per heavy atom. The number of ketones is 1. The maximum Gasteiger partial charge on any atom is 0.254 e. The molecule has 0 radical (unpaired) electrons. The smallest absolute Gasteiger partial charge is 0.254 e. The van der Waals surface area contributed by atoms with E-state index < -0.39 is 10.0 Å². The molecule has 0 saturated carbocycles. The number of carbonyl (C=O) groups excluding carboxylic acids is 2. The Hall–Kier alpha value is -2.34. The SMILES string of the molecule is CS(C)(C)CCOCn1c(C(=O)CC#N)cc2cc(C(=O)N3CCOCC3)ccc21. The predicted octanol–water partition coefficient (Wildman–Crippen LogP) is 2.88. The first-order valence-electron chi connectivity index (χ1n) is 9.94. The molecule has 2 heterocycles. The van der Waals surface area contributed by atoms with Crippen molar-refractivity contribution < 1.29 is 19.1 Å². The molecular formula is C22H29N3O4S. The first-order valence-corrected chi connectivity index (χ1v) is 13.0. The maximum absolute atomic E-state index is 12.8. The molecule has 0 N–H and O–H groups in total. The third kappa shape index (κ3) is 5.42. The van der Waals surface area contributed by atoms with Crippen molar-refractivity contribution >= 4 is 32.6 Å². The van der Waals surface area contributed by atoms with Crippen LogP contribution in [0.25, 0.3) is 10.9 Å². The monoisotopic (exact) mass is 431 g/mol. The van der Waals surface area contributed by atoms with Gasteiger partial charge in [-0.25, -0.2) is 10.0 Å². The number of carbonyl (C=O) groups is 2. The summed E-state index contributed by atoms with van der Waals surface area (Å²) in [4.78, 5) is 27.1. The van der Waals surface area contributed by atoms with Crippen molar-refractivity contribution in [2.45, 2.75) is 13.2 Å². The summed E-state index contributed by atoms with van der Waals surface area (Å²) in [6.45, 7) is 3.09. The second-order valence-corrected chi connectivity index (χ2v) is 12.8. The summed E-state index contributed by atoms with van der Waals surface area (Å²) >= 11 is 0. The molecule has 1 saturated heterocycles. The van der Waals surface area contributed by atoms with Gasteiger partial charge in [0.05, 0.1) is 37.1 Å². The number of rotatable bonds is 8. The first-order chi connectivity index (χ1) is 14.3. The summed E-state index contributed by atoms with van der Waals surface area (Å²) in [5.41, 5.74) is 1.83. The molecule has 1 aromatic carbocycles. The van der Waals surface area contributed by atoms with Gasteiger partial charge in [0, 0.05) is 29.8 Å². The lowest BCUT2D eigenvalue weighted by Gasteiger charge is -2.26. The molecule has 1 aromatic heterocycles. The van der Waals surface area contributed by atoms with E-state index in [4.69, 9.17) is 14.7 Å². The fourth-order valence-corrected chi connectivity index (χ4v) is 3.97. The molecule has 3 rings (SSSR count). The lowest BCUT2D eigenvalue weighted by molar-refractivity contribution is 0.0303. The largest absolute Gasteiger partial charge is 0.378 e. The standard InChI is InChI=1S/C22H29N3O4S/c1-30(2,3)13-12-29-16-25-19-5-4-17(22(27)24-8-10-28-11-9-24)14-18(19)15-20(25)21(26)6-7-23/h4-5,14-15H,6,8-13,16H2,1-3H3. The Bertz CT molecular complexity index is 965. The minimum absolute atomic E-state index is 0.0396. The highest BCUT2D eigenvalue weighted by Gasteiger charge is 2.21. The van der Waals surface area contributed by atoms with Crippen LogP contribution in [-0.4, -0.2) is 78.6 Å². The van der Waals surface area contributed by atoms with Crippen molar-refractivity contribution in [2.24, 2.45) is 0 Å². The van der Waals surface area contributed by atoms with E-state index >= 15 is 0 Å². The molecule has 7 nitrogen and oxygen atoms in total. The van der Waals surface area contributed by atoms with Crippen molar-refractivity contribution in [2.75, 3.05) is 57.4 Å². The topological polar surface area (TPSA) is 84.6 Å². The second-order valence-electron chi connectivity index (χ2n) is 8.23. The molecule has 1 aliphatic rings. The van der Waals surface area contributed by atoms with Crippen LogP contribution in [0, 0.1) is 11.3 Å². The molecular weight excluding hydrogens is 402 g/mol. The van der Waals surface area contributed by atoms with Gasteiger partial charge in [0.1, 0.15) is 13.2 Å². The lowest BCUT2D eigenvalue weighted by Crippen LogP contribution is -2.40. The highest BCUT2D eigenvalue weighted by atomic mass is 32.3. The summed E-state index contributed by atoms with van der Waals surface area (Å²) in [6, 6.07) is 9.13. The van der Waals surface area contributed by atoms with Gasteiger partial charge in [0.2, 0.25) is 0 Å². The molecule has 2 aromatic rings. The van der Waals surface area contributed by atoms with Gasteiger partial charge in [-0.05, 0) is 43.0 Å². The number of aromatic nitrogens is 1.